The standard InChI is InChI=1S/C12H15N3O/c1-2-13-12(16)10-6-8-15(9-10)11-5-3-4-7-14-11/h2-5,7,10H,1,6,8-9H2,(H,13,16)/i5T. The molecule has 4 heteroatoms. The largest absolute Gasteiger partial charge is 0.356 e. The fraction of sp³-hybridized carbons (Fsp3) is 0.333. The Hall–Kier alpha value is -1.84. The summed E-state index contributed by atoms with van der Waals surface area (Å²) in [6, 6.07) is 3.85. The molecule has 1 aliphatic rings. The second-order valence-electron chi connectivity index (χ2n) is 3.75. The Bertz CT molecular complexity index is 436. The highest BCUT2D eigenvalue weighted by Gasteiger charge is 2.28. The van der Waals surface area contributed by atoms with E-state index in [0.29, 0.717) is 18.4 Å². The van der Waals surface area contributed by atoms with Crippen LogP contribution >= 0.6 is 0 Å². The summed E-state index contributed by atoms with van der Waals surface area (Å²) < 4.78 is 7.77. The average Bonchev–Trinajstić information content (AvgIpc) is 2.79. The van der Waals surface area contributed by atoms with Crippen LogP contribution in [0.15, 0.2) is 37.2 Å². The van der Waals surface area contributed by atoms with Crippen molar-refractivity contribution in [2.24, 2.45) is 5.92 Å². The summed E-state index contributed by atoms with van der Waals surface area (Å²) >= 11 is 0. The van der Waals surface area contributed by atoms with Gasteiger partial charge in [0.05, 0.1) is 7.29 Å². The van der Waals surface area contributed by atoms with Gasteiger partial charge in [0, 0.05) is 19.3 Å². The Labute approximate surface area is 96.4 Å². The van der Waals surface area contributed by atoms with Gasteiger partial charge in [-0.3, -0.25) is 4.79 Å². The molecule has 2 heterocycles. The zero-order valence-electron chi connectivity index (χ0n) is 10.0. The van der Waals surface area contributed by atoms with E-state index in [1.54, 1.807) is 18.3 Å². The predicted molar refractivity (Wildman–Crippen MR) is 62.9 cm³/mol. The van der Waals surface area contributed by atoms with Crippen LogP contribution in [0.5, 0.6) is 0 Å². The Balaban J connectivity index is 2.05. The molecule has 0 saturated carbocycles. The van der Waals surface area contributed by atoms with Gasteiger partial charge in [0.1, 0.15) is 5.82 Å². The van der Waals surface area contributed by atoms with Crippen molar-refractivity contribution in [3.63, 3.8) is 0 Å². The van der Waals surface area contributed by atoms with E-state index in [2.05, 4.69) is 16.9 Å². The van der Waals surface area contributed by atoms with Gasteiger partial charge in [0.2, 0.25) is 5.91 Å². The molecule has 0 bridgehead atoms. The first kappa shape index (κ1) is 9.39. The molecule has 0 aromatic carbocycles. The van der Waals surface area contributed by atoms with Crippen molar-refractivity contribution in [1.29, 1.82) is 0 Å². The summed E-state index contributed by atoms with van der Waals surface area (Å²) in [6.45, 7) is 4.85. The normalized spacial score (nSPS) is 20.4. The van der Waals surface area contributed by atoms with E-state index >= 15 is 0 Å². The summed E-state index contributed by atoms with van der Waals surface area (Å²) in [6.07, 6.45) is 3.86. The quantitative estimate of drug-likeness (QED) is 0.830. The molecule has 1 atom stereocenters. The Morgan fingerprint density at radius 1 is 1.75 bits per heavy atom. The van der Waals surface area contributed by atoms with Crippen LogP contribution < -0.4 is 10.2 Å². The van der Waals surface area contributed by atoms with Crippen LogP contribution in [-0.4, -0.2) is 24.0 Å². The number of hydrogen-bond acceptors (Lipinski definition) is 3. The van der Waals surface area contributed by atoms with Crippen molar-refractivity contribution in [2.45, 2.75) is 6.42 Å². The Morgan fingerprint density at radius 3 is 3.38 bits per heavy atom. The number of anilines is 1. The van der Waals surface area contributed by atoms with E-state index in [4.69, 9.17) is 1.37 Å². The van der Waals surface area contributed by atoms with Crippen LogP contribution in [0.25, 0.3) is 0 Å². The lowest BCUT2D eigenvalue weighted by molar-refractivity contribution is -0.123. The molecule has 0 spiro atoms. The van der Waals surface area contributed by atoms with E-state index in [9.17, 15) is 4.79 Å². The van der Waals surface area contributed by atoms with E-state index < -0.39 is 0 Å². The van der Waals surface area contributed by atoms with Gasteiger partial charge in [0.15, 0.2) is 0 Å². The molecule has 1 fully saturated rings. The first-order chi connectivity index (χ1) is 8.22. The van der Waals surface area contributed by atoms with Crippen LogP contribution in [0.4, 0.5) is 5.82 Å². The number of carbonyl (C=O) groups is 1. The monoisotopic (exact) mass is 219 g/mol. The van der Waals surface area contributed by atoms with Gasteiger partial charge in [-0.25, -0.2) is 4.98 Å². The highest BCUT2D eigenvalue weighted by Crippen LogP contribution is 2.21. The smallest absolute Gasteiger partial charge is 0.228 e. The molecule has 1 N–H and O–H groups in total. The summed E-state index contributed by atoms with van der Waals surface area (Å²) in [5.74, 6) is 0.598. The Kier molecular flexibility index (Phi) is 2.81. The Morgan fingerprint density at radius 2 is 2.62 bits per heavy atom. The molecule has 1 amide bonds. The van der Waals surface area contributed by atoms with Crippen molar-refractivity contribution in [3.8, 4) is 0 Å². The van der Waals surface area contributed by atoms with Gasteiger partial charge in [-0.2, -0.15) is 0 Å². The molecule has 2 rings (SSSR count). The third-order valence-corrected chi connectivity index (χ3v) is 2.69. The van der Waals surface area contributed by atoms with E-state index in [0.717, 1.165) is 13.0 Å². The van der Waals surface area contributed by atoms with Crippen LogP contribution in [0.1, 0.15) is 7.79 Å². The minimum atomic E-state index is -0.0468. The summed E-state index contributed by atoms with van der Waals surface area (Å²) in [4.78, 5) is 17.8. The van der Waals surface area contributed by atoms with Crippen molar-refractivity contribution >= 4 is 11.7 Å². The molecule has 1 aromatic heterocycles. The zero-order chi connectivity index (χ0) is 12.3. The lowest BCUT2D eigenvalue weighted by Crippen LogP contribution is -2.29. The fourth-order valence-corrected chi connectivity index (χ4v) is 1.87. The van der Waals surface area contributed by atoms with Gasteiger partial charge in [-0.15, -0.1) is 0 Å². The van der Waals surface area contributed by atoms with Crippen molar-refractivity contribution in [1.82, 2.24) is 10.3 Å². The lowest BCUT2D eigenvalue weighted by Gasteiger charge is -2.16. The second kappa shape index (κ2) is 4.79. The predicted octanol–water partition coefficient (Wildman–Crippen LogP) is 1.17. The molecule has 1 aromatic rings. The first-order valence-corrected chi connectivity index (χ1v) is 5.30. The summed E-state index contributed by atoms with van der Waals surface area (Å²) in [5, 5.41) is 2.61. The maximum atomic E-state index is 11.6. The average molecular weight is 219 g/mol. The number of rotatable bonds is 3. The fourth-order valence-electron chi connectivity index (χ4n) is 1.87. The van der Waals surface area contributed by atoms with Gasteiger partial charge in [-0.1, -0.05) is 12.6 Å². The minimum Gasteiger partial charge on any atom is -0.356 e. The summed E-state index contributed by atoms with van der Waals surface area (Å²) in [7, 11) is 0. The maximum Gasteiger partial charge on any atom is 0.228 e. The second-order valence-corrected chi connectivity index (χ2v) is 3.75. The van der Waals surface area contributed by atoms with Gasteiger partial charge in [0.25, 0.3) is 0 Å². The van der Waals surface area contributed by atoms with Gasteiger partial charge >= 0.3 is 0 Å². The third kappa shape index (κ3) is 2.21. The molecule has 16 heavy (non-hydrogen) atoms. The van der Waals surface area contributed by atoms with Crippen LogP contribution in [0.2, 0.25) is 0 Å². The van der Waals surface area contributed by atoms with E-state index in [1.807, 2.05) is 4.90 Å². The topological polar surface area (TPSA) is 45.2 Å². The zero-order valence-corrected chi connectivity index (χ0v) is 9.02. The first-order valence-electron chi connectivity index (χ1n) is 5.80. The number of carbonyl (C=O) groups excluding carboxylic acids is 1. The number of nitrogens with one attached hydrogen (secondary N) is 1. The highest BCUT2D eigenvalue weighted by atomic mass is 16.1. The van der Waals surface area contributed by atoms with Crippen LogP contribution in [-0.2, 0) is 4.79 Å². The molecule has 0 radical (unpaired) electrons. The molecule has 1 aliphatic heterocycles. The summed E-state index contributed by atoms with van der Waals surface area (Å²) in [5.41, 5.74) is 0. The number of amides is 1. The maximum absolute atomic E-state index is 11.6. The third-order valence-electron chi connectivity index (χ3n) is 2.69. The molecule has 1 saturated heterocycles. The van der Waals surface area contributed by atoms with E-state index in [-0.39, 0.29) is 11.8 Å². The molecule has 84 valence electrons. The molecular weight excluding hydrogens is 202 g/mol. The van der Waals surface area contributed by atoms with Crippen molar-refractivity contribution < 1.29 is 6.17 Å². The molecule has 1 unspecified atom stereocenters. The molecule has 4 nitrogen and oxygen atoms in total. The van der Waals surface area contributed by atoms with Gasteiger partial charge in [-0.05, 0) is 24.7 Å². The van der Waals surface area contributed by atoms with Gasteiger partial charge < -0.3 is 10.2 Å². The lowest BCUT2D eigenvalue weighted by atomic mass is 10.1. The van der Waals surface area contributed by atoms with Crippen molar-refractivity contribution in [2.75, 3.05) is 18.0 Å². The van der Waals surface area contributed by atoms with E-state index in [1.165, 1.54) is 6.20 Å². The van der Waals surface area contributed by atoms with Crippen LogP contribution in [0, 0.1) is 5.92 Å². The van der Waals surface area contributed by atoms with Crippen LogP contribution in [0.3, 0.4) is 0 Å². The molecule has 0 aliphatic carbocycles. The van der Waals surface area contributed by atoms with Crippen molar-refractivity contribution in [3.05, 3.63) is 37.2 Å². The number of pyridine rings is 1. The highest BCUT2D eigenvalue weighted by molar-refractivity contribution is 5.80. The minimum absolute atomic E-state index is 0.00929. The molecular formula is C12H15N3O. The number of aromatic nitrogens is 1. The number of nitrogens with zero attached hydrogens (tertiary/aromatic N) is 2. The number of hydrogen-bond donors (Lipinski definition) is 1. The SMILES string of the molecule is [3H]c1cccnc1N1CCC(C(=O)NC=C)C1.